The molecule has 4 rings (SSSR count). The lowest BCUT2D eigenvalue weighted by molar-refractivity contribution is -0.122. The molecular formula is C23H27ClN2O. The Morgan fingerprint density at radius 2 is 1.81 bits per heavy atom. The van der Waals surface area contributed by atoms with E-state index in [1.54, 1.807) is 0 Å². The Kier molecular flexibility index (Phi) is 5.80. The van der Waals surface area contributed by atoms with Gasteiger partial charge in [0, 0.05) is 24.0 Å². The average Bonchev–Trinajstić information content (AvgIpc) is 3.49. The minimum atomic E-state index is 0.0812. The van der Waals surface area contributed by atoms with Gasteiger partial charge in [-0.2, -0.15) is 0 Å². The topological polar surface area (TPSA) is 32.3 Å². The van der Waals surface area contributed by atoms with Crippen molar-refractivity contribution in [2.24, 2.45) is 5.92 Å². The minimum Gasteiger partial charge on any atom is -0.352 e. The molecule has 2 unspecified atom stereocenters. The van der Waals surface area contributed by atoms with Crippen LogP contribution in [0.5, 0.6) is 0 Å². The highest BCUT2D eigenvalue weighted by Gasteiger charge is 2.43. The SMILES string of the molecule is O=C(NCc1ccccc1CN1CCCCC1)C1CC1c1cccc(Cl)c1. The van der Waals surface area contributed by atoms with Crippen LogP contribution in [0, 0.1) is 5.92 Å². The largest absolute Gasteiger partial charge is 0.352 e. The number of likely N-dealkylation sites (tertiary alicyclic amines) is 1. The Morgan fingerprint density at radius 3 is 2.59 bits per heavy atom. The molecule has 1 aliphatic carbocycles. The van der Waals surface area contributed by atoms with Crippen molar-refractivity contribution in [1.29, 1.82) is 0 Å². The zero-order chi connectivity index (χ0) is 18.6. The normalized spacial score (nSPS) is 22.4. The van der Waals surface area contributed by atoms with Crippen LogP contribution in [0.4, 0.5) is 0 Å². The third-order valence-corrected chi connectivity index (χ3v) is 6.05. The molecule has 0 aromatic heterocycles. The van der Waals surface area contributed by atoms with E-state index in [0.29, 0.717) is 12.5 Å². The summed E-state index contributed by atoms with van der Waals surface area (Å²) in [6, 6.07) is 16.4. The van der Waals surface area contributed by atoms with Crippen molar-refractivity contribution in [3.8, 4) is 0 Å². The highest BCUT2D eigenvalue weighted by atomic mass is 35.5. The summed E-state index contributed by atoms with van der Waals surface area (Å²) in [6.45, 7) is 3.97. The molecule has 2 aromatic carbocycles. The van der Waals surface area contributed by atoms with Gasteiger partial charge in [-0.15, -0.1) is 0 Å². The zero-order valence-electron chi connectivity index (χ0n) is 15.7. The number of halogens is 1. The summed E-state index contributed by atoms with van der Waals surface area (Å²) >= 11 is 6.08. The Hall–Kier alpha value is -1.84. The van der Waals surface area contributed by atoms with Crippen LogP contribution in [0.3, 0.4) is 0 Å². The van der Waals surface area contributed by atoms with E-state index < -0.39 is 0 Å². The first-order valence-corrected chi connectivity index (χ1v) is 10.4. The van der Waals surface area contributed by atoms with Gasteiger partial charge in [0.05, 0.1) is 0 Å². The third-order valence-electron chi connectivity index (χ3n) is 5.82. The van der Waals surface area contributed by atoms with Crippen LogP contribution in [0.25, 0.3) is 0 Å². The summed E-state index contributed by atoms with van der Waals surface area (Å²) in [6.07, 6.45) is 4.86. The number of amides is 1. The van der Waals surface area contributed by atoms with Gasteiger partial charge in [-0.3, -0.25) is 9.69 Å². The maximum Gasteiger partial charge on any atom is 0.224 e. The molecule has 0 spiro atoms. The van der Waals surface area contributed by atoms with E-state index in [1.165, 1.54) is 49.0 Å². The fourth-order valence-electron chi connectivity index (χ4n) is 4.15. The Morgan fingerprint density at radius 1 is 1.04 bits per heavy atom. The quantitative estimate of drug-likeness (QED) is 0.782. The predicted octanol–water partition coefficient (Wildman–Crippen LogP) is 4.75. The van der Waals surface area contributed by atoms with Gasteiger partial charge in [0.25, 0.3) is 0 Å². The monoisotopic (exact) mass is 382 g/mol. The molecular weight excluding hydrogens is 356 g/mol. The second-order valence-corrected chi connectivity index (χ2v) is 8.26. The number of nitrogens with zero attached hydrogens (tertiary/aromatic N) is 1. The van der Waals surface area contributed by atoms with Crippen LogP contribution >= 0.6 is 11.6 Å². The Bertz CT molecular complexity index is 800. The first-order valence-electron chi connectivity index (χ1n) is 10.0. The molecule has 1 saturated heterocycles. The molecule has 142 valence electrons. The number of hydrogen-bond acceptors (Lipinski definition) is 2. The maximum atomic E-state index is 12.6. The molecule has 4 heteroatoms. The lowest BCUT2D eigenvalue weighted by Crippen LogP contribution is -2.30. The van der Waals surface area contributed by atoms with Crippen molar-refractivity contribution in [3.63, 3.8) is 0 Å². The van der Waals surface area contributed by atoms with E-state index in [0.717, 1.165) is 18.0 Å². The van der Waals surface area contributed by atoms with Gasteiger partial charge in [-0.25, -0.2) is 0 Å². The molecule has 0 radical (unpaired) electrons. The Labute approximate surface area is 166 Å². The summed E-state index contributed by atoms with van der Waals surface area (Å²) < 4.78 is 0. The number of rotatable bonds is 6. The van der Waals surface area contributed by atoms with Gasteiger partial charge >= 0.3 is 0 Å². The van der Waals surface area contributed by atoms with Gasteiger partial charge in [-0.05, 0) is 67.1 Å². The van der Waals surface area contributed by atoms with Crippen molar-refractivity contribution < 1.29 is 4.79 Å². The highest BCUT2D eigenvalue weighted by Crippen LogP contribution is 2.47. The first-order chi connectivity index (χ1) is 13.2. The number of hydrogen-bond donors (Lipinski definition) is 1. The van der Waals surface area contributed by atoms with E-state index in [-0.39, 0.29) is 11.8 Å². The molecule has 2 aromatic rings. The van der Waals surface area contributed by atoms with Gasteiger partial charge in [0.2, 0.25) is 5.91 Å². The fourth-order valence-corrected chi connectivity index (χ4v) is 4.35. The highest BCUT2D eigenvalue weighted by molar-refractivity contribution is 6.30. The second kappa shape index (κ2) is 8.45. The summed E-state index contributed by atoms with van der Waals surface area (Å²) in [5.41, 5.74) is 3.74. The van der Waals surface area contributed by atoms with Crippen molar-refractivity contribution in [3.05, 3.63) is 70.2 Å². The summed E-state index contributed by atoms with van der Waals surface area (Å²) in [7, 11) is 0. The standard InChI is InChI=1S/C23H27ClN2O/c24-20-10-6-9-17(13-20)21-14-22(21)23(27)25-15-18-7-2-3-8-19(18)16-26-11-4-1-5-12-26/h2-3,6-10,13,21-22H,1,4-5,11-12,14-16H2,(H,25,27). The van der Waals surface area contributed by atoms with E-state index >= 15 is 0 Å². The third kappa shape index (κ3) is 4.72. The lowest BCUT2D eigenvalue weighted by atomic mass is 10.0. The first kappa shape index (κ1) is 18.5. The molecule has 27 heavy (non-hydrogen) atoms. The van der Waals surface area contributed by atoms with Crippen molar-refractivity contribution in [2.45, 2.75) is 44.7 Å². The maximum absolute atomic E-state index is 12.6. The molecule has 2 fully saturated rings. The molecule has 1 amide bonds. The van der Waals surface area contributed by atoms with E-state index in [1.807, 2.05) is 18.2 Å². The number of nitrogens with one attached hydrogen (secondary N) is 1. The fraction of sp³-hybridized carbons (Fsp3) is 0.435. The zero-order valence-corrected chi connectivity index (χ0v) is 16.4. The van der Waals surface area contributed by atoms with Crippen molar-refractivity contribution in [2.75, 3.05) is 13.1 Å². The number of piperidine rings is 1. The van der Waals surface area contributed by atoms with Crippen molar-refractivity contribution >= 4 is 17.5 Å². The average molecular weight is 383 g/mol. The molecule has 1 heterocycles. The molecule has 0 bridgehead atoms. The van der Waals surface area contributed by atoms with Gasteiger partial charge in [-0.1, -0.05) is 54.4 Å². The van der Waals surface area contributed by atoms with Crippen LogP contribution in [0.2, 0.25) is 5.02 Å². The summed E-state index contributed by atoms with van der Waals surface area (Å²) in [5, 5.41) is 3.90. The van der Waals surface area contributed by atoms with E-state index in [9.17, 15) is 4.79 Å². The van der Waals surface area contributed by atoms with Crippen LogP contribution in [0.15, 0.2) is 48.5 Å². The van der Waals surface area contributed by atoms with Crippen LogP contribution in [-0.2, 0) is 17.9 Å². The number of benzene rings is 2. The minimum absolute atomic E-state index is 0.0812. The van der Waals surface area contributed by atoms with E-state index in [2.05, 4.69) is 40.5 Å². The smallest absolute Gasteiger partial charge is 0.224 e. The van der Waals surface area contributed by atoms with Gasteiger partial charge in [0.15, 0.2) is 0 Å². The van der Waals surface area contributed by atoms with Crippen LogP contribution in [0.1, 0.15) is 48.3 Å². The molecule has 1 aliphatic heterocycles. The van der Waals surface area contributed by atoms with E-state index in [4.69, 9.17) is 11.6 Å². The number of carbonyl (C=O) groups excluding carboxylic acids is 1. The summed E-state index contributed by atoms with van der Waals surface area (Å²) in [5.74, 6) is 0.553. The van der Waals surface area contributed by atoms with Crippen LogP contribution in [-0.4, -0.2) is 23.9 Å². The molecule has 1 N–H and O–H groups in total. The predicted molar refractivity (Wildman–Crippen MR) is 110 cm³/mol. The Balaban J connectivity index is 1.33. The van der Waals surface area contributed by atoms with Crippen molar-refractivity contribution in [1.82, 2.24) is 10.2 Å². The summed E-state index contributed by atoms with van der Waals surface area (Å²) in [4.78, 5) is 15.1. The molecule has 1 saturated carbocycles. The second-order valence-electron chi connectivity index (χ2n) is 7.83. The van der Waals surface area contributed by atoms with Gasteiger partial charge in [0.1, 0.15) is 0 Å². The van der Waals surface area contributed by atoms with Crippen LogP contribution < -0.4 is 5.32 Å². The molecule has 2 aliphatic rings. The lowest BCUT2D eigenvalue weighted by Gasteiger charge is -2.27. The number of carbonyl (C=O) groups is 1. The molecule has 3 nitrogen and oxygen atoms in total. The molecule has 2 atom stereocenters. The van der Waals surface area contributed by atoms with Gasteiger partial charge < -0.3 is 5.32 Å².